The molecule has 4 heteroatoms. The number of methoxy groups -OCH3 is 1. The summed E-state index contributed by atoms with van der Waals surface area (Å²) in [4.78, 5) is 11.0. The van der Waals surface area contributed by atoms with Gasteiger partial charge in [0.15, 0.2) is 0 Å². The summed E-state index contributed by atoms with van der Waals surface area (Å²) in [5.41, 5.74) is 9.02. The van der Waals surface area contributed by atoms with Crippen molar-refractivity contribution in [3.63, 3.8) is 0 Å². The SMILES string of the molecule is COC(CBr)c1ccc(-c2ccc(C(N)=O)cc2)cc1. The average molecular weight is 334 g/mol. The monoisotopic (exact) mass is 333 g/mol. The molecule has 104 valence electrons. The third-order valence-electron chi connectivity index (χ3n) is 3.21. The topological polar surface area (TPSA) is 52.3 Å². The van der Waals surface area contributed by atoms with E-state index >= 15 is 0 Å². The van der Waals surface area contributed by atoms with E-state index < -0.39 is 5.91 Å². The van der Waals surface area contributed by atoms with Crippen LogP contribution in [0.4, 0.5) is 0 Å². The molecule has 0 aliphatic rings. The maximum absolute atomic E-state index is 11.0. The largest absolute Gasteiger partial charge is 0.376 e. The van der Waals surface area contributed by atoms with E-state index in [1.54, 1.807) is 19.2 Å². The number of benzene rings is 2. The molecular weight excluding hydrogens is 318 g/mol. The molecule has 0 bridgehead atoms. The maximum atomic E-state index is 11.0. The van der Waals surface area contributed by atoms with Crippen LogP contribution in [0.25, 0.3) is 11.1 Å². The molecule has 3 nitrogen and oxygen atoms in total. The van der Waals surface area contributed by atoms with Crippen molar-refractivity contribution in [1.82, 2.24) is 0 Å². The highest BCUT2D eigenvalue weighted by Gasteiger charge is 2.08. The summed E-state index contributed by atoms with van der Waals surface area (Å²) in [6, 6.07) is 15.5. The third-order valence-corrected chi connectivity index (χ3v) is 3.80. The van der Waals surface area contributed by atoms with Crippen molar-refractivity contribution >= 4 is 21.8 Å². The van der Waals surface area contributed by atoms with E-state index in [-0.39, 0.29) is 6.10 Å². The lowest BCUT2D eigenvalue weighted by Gasteiger charge is -2.13. The number of carbonyl (C=O) groups is 1. The fraction of sp³-hybridized carbons (Fsp3) is 0.188. The van der Waals surface area contributed by atoms with Crippen LogP contribution in [0.1, 0.15) is 22.0 Å². The summed E-state index contributed by atoms with van der Waals surface area (Å²) in [6.07, 6.45) is 0.0567. The zero-order valence-corrected chi connectivity index (χ0v) is 12.8. The zero-order valence-electron chi connectivity index (χ0n) is 11.2. The van der Waals surface area contributed by atoms with Gasteiger partial charge in [0.05, 0.1) is 6.10 Å². The first-order valence-electron chi connectivity index (χ1n) is 6.24. The molecule has 2 aromatic rings. The first kappa shape index (κ1) is 14.8. The second kappa shape index (κ2) is 6.68. The molecule has 0 aromatic heterocycles. The molecule has 0 aliphatic heterocycles. The van der Waals surface area contributed by atoms with E-state index in [4.69, 9.17) is 10.5 Å². The van der Waals surface area contributed by atoms with Gasteiger partial charge < -0.3 is 10.5 Å². The van der Waals surface area contributed by atoms with Gasteiger partial charge in [-0.05, 0) is 28.8 Å². The molecule has 0 heterocycles. The van der Waals surface area contributed by atoms with E-state index in [9.17, 15) is 4.79 Å². The van der Waals surface area contributed by atoms with Crippen LogP contribution in [0.3, 0.4) is 0 Å². The van der Waals surface area contributed by atoms with Crippen molar-refractivity contribution in [2.45, 2.75) is 6.10 Å². The molecule has 1 amide bonds. The molecular formula is C16H16BrNO2. The van der Waals surface area contributed by atoms with Gasteiger partial charge in [0, 0.05) is 18.0 Å². The van der Waals surface area contributed by atoms with Crippen LogP contribution in [-0.2, 0) is 4.74 Å². The smallest absolute Gasteiger partial charge is 0.248 e. The molecule has 0 saturated heterocycles. The Hall–Kier alpha value is -1.65. The highest BCUT2D eigenvalue weighted by Crippen LogP contribution is 2.24. The predicted molar refractivity (Wildman–Crippen MR) is 83.9 cm³/mol. The standard InChI is InChI=1S/C16H16BrNO2/c1-20-15(10-17)13-6-2-11(3-7-13)12-4-8-14(9-5-12)16(18)19/h2-9,15H,10H2,1H3,(H2,18,19). The first-order valence-corrected chi connectivity index (χ1v) is 7.37. The van der Waals surface area contributed by atoms with E-state index in [0.717, 1.165) is 22.0 Å². The molecule has 0 spiro atoms. The Morgan fingerprint density at radius 3 is 2.00 bits per heavy atom. The van der Waals surface area contributed by atoms with Crippen LogP contribution >= 0.6 is 15.9 Å². The highest BCUT2D eigenvalue weighted by atomic mass is 79.9. The molecule has 0 aliphatic carbocycles. The minimum Gasteiger partial charge on any atom is -0.376 e. The van der Waals surface area contributed by atoms with Crippen molar-refractivity contribution in [3.05, 3.63) is 59.7 Å². The number of amides is 1. The first-order chi connectivity index (χ1) is 9.65. The number of ether oxygens (including phenoxy) is 1. The quantitative estimate of drug-likeness (QED) is 0.851. The van der Waals surface area contributed by atoms with Crippen LogP contribution in [0.5, 0.6) is 0 Å². The summed E-state index contributed by atoms with van der Waals surface area (Å²) in [5.74, 6) is -0.410. The number of alkyl halides is 1. The summed E-state index contributed by atoms with van der Waals surface area (Å²) in [6.45, 7) is 0. The van der Waals surface area contributed by atoms with Gasteiger partial charge in [-0.3, -0.25) is 4.79 Å². The van der Waals surface area contributed by atoms with Gasteiger partial charge in [-0.15, -0.1) is 0 Å². The Labute approximate surface area is 126 Å². The van der Waals surface area contributed by atoms with Crippen LogP contribution in [-0.4, -0.2) is 18.3 Å². The summed E-state index contributed by atoms with van der Waals surface area (Å²) < 4.78 is 5.37. The molecule has 0 radical (unpaired) electrons. The van der Waals surface area contributed by atoms with Gasteiger partial charge in [0.1, 0.15) is 0 Å². The number of carbonyl (C=O) groups excluding carboxylic acids is 1. The van der Waals surface area contributed by atoms with Gasteiger partial charge in [0.25, 0.3) is 0 Å². The van der Waals surface area contributed by atoms with Crippen molar-refractivity contribution < 1.29 is 9.53 Å². The Kier molecular flexibility index (Phi) is 4.93. The van der Waals surface area contributed by atoms with E-state index in [1.807, 2.05) is 36.4 Å². The van der Waals surface area contributed by atoms with E-state index in [0.29, 0.717) is 5.56 Å². The second-order valence-electron chi connectivity index (χ2n) is 4.44. The fourth-order valence-electron chi connectivity index (χ4n) is 2.01. The molecule has 1 atom stereocenters. The van der Waals surface area contributed by atoms with Crippen LogP contribution < -0.4 is 5.73 Å². The third kappa shape index (κ3) is 3.26. The average Bonchev–Trinajstić information content (AvgIpc) is 2.49. The number of hydrogen-bond acceptors (Lipinski definition) is 2. The van der Waals surface area contributed by atoms with E-state index in [2.05, 4.69) is 15.9 Å². The van der Waals surface area contributed by atoms with Crippen molar-refractivity contribution in [2.24, 2.45) is 5.73 Å². The number of halogens is 1. The van der Waals surface area contributed by atoms with Crippen LogP contribution in [0.2, 0.25) is 0 Å². The van der Waals surface area contributed by atoms with Gasteiger partial charge in [0.2, 0.25) is 5.91 Å². The van der Waals surface area contributed by atoms with Crippen molar-refractivity contribution in [2.75, 3.05) is 12.4 Å². The molecule has 1 unspecified atom stereocenters. The summed E-state index contributed by atoms with van der Waals surface area (Å²) >= 11 is 3.43. The van der Waals surface area contributed by atoms with Gasteiger partial charge in [-0.2, -0.15) is 0 Å². The normalized spacial score (nSPS) is 12.1. The lowest BCUT2D eigenvalue weighted by molar-refractivity contribution is 0.100. The maximum Gasteiger partial charge on any atom is 0.248 e. The van der Waals surface area contributed by atoms with Crippen LogP contribution in [0, 0.1) is 0 Å². The summed E-state index contributed by atoms with van der Waals surface area (Å²) in [7, 11) is 1.70. The molecule has 0 fully saturated rings. The van der Waals surface area contributed by atoms with Gasteiger partial charge >= 0.3 is 0 Å². The minimum atomic E-state index is -0.410. The highest BCUT2D eigenvalue weighted by molar-refractivity contribution is 9.09. The van der Waals surface area contributed by atoms with Crippen molar-refractivity contribution in [1.29, 1.82) is 0 Å². The number of primary amides is 1. The Morgan fingerprint density at radius 1 is 1.10 bits per heavy atom. The van der Waals surface area contributed by atoms with Crippen molar-refractivity contribution in [3.8, 4) is 11.1 Å². The number of hydrogen-bond donors (Lipinski definition) is 1. The predicted octanol–water partition coefficient (Wildman–Crippen LogP) is 3.53. The Bertz CT molecular complexity index is 574. The minimum absolute atomic E-state index is 0.0567. The molecule has 20 heavy (non-hydrogen) atoms. The number of nitrogens with two attached hydrogens (primary N) is 1. The Morgan fingerprint density at radius 2 is 1.60 bits per heavy atom. The van der Waals surface area contributed by atoms with E-state index in [1.165, 1.54) is 0 Å². The second-order valence-corrected chi connectivity index (χ2v) is 5.09. The molecule has 2 aromatic carbocycles. The number of rotatable bonds is 5. The lowest BCUT2D eigenvalue weighted by atomic mass is 10.0. The molecule has 0 saturated carbocycles. The summed E-state index contributed by atoms with van der Waals surface area (Å²) in [5, 5.41) is 0.760. The Balaban J connectivity index is 2.23. The van der Waals surface area contributed by atoms with Gasteiger partial charge in [-0.25, -0.2) is 0 Å². The lowest BCUT2D eigenvalue weighted by Crippen LogP contribution is -2.10. The zero-order chi connectivity index (χ0) is 14.5. The van der Waals surface area contributed by atoms with Crippen LogP contribution in [0.15, 0.2) is 48.5 Å². The fourth-order valence-corrected chi connectivity index (χ4v) is 2.64. The molecule has 2 N–H and O–H groups in total. The van der Waals surface area contributed by atoms with Gasteiger partial charge in [-0.1, -0.05) is 52.3 Å². The molecule has 2 rings (SSSR count).